The molecule has 124 valence electrons. The van der Waals surface area contributed by atoms with E-state index in [9.17, 15) is 9.18 Å². The molecule has 0 aliphatic carbocycles. The smallest absolute Gasteiger partial charge is 0.313 e. The van der Waals surface area contributed by atoms with Crippen molar-refractivity contribution in [1.82, 2.24) is 0 Å². The third kappa shape index (κ3) is 5.74. The highest BCUT2D eigenvalue weighted by Gasteiger charge is 2.39. The maximum atomic E-state index is 13.1. The number of carboxylic acid groups (broad SMARTS) is 1. The zero-order chi connectivity index (χ0) is 17.0. The summed E-state index contributed by atoms with van der Waals surface area (Å²) in [6.07, 6.45) is -0.217. The van der Waals surface area contributed by atoms with E-state index in [1.54, 1.807) is 12.1 Å². The van der Waals surface area contributed by atoms with Crippen LogP contribution in [0.4, 0.5) is 4.39 Å². The summed E-state index contributed by atoms with van der Waals surface area (Å²) in [5.41, 5.74) is 0.893. The fourth-order valence-corrected chi connectivity index (χ4v) is 3.83. The van der Waals surface area contributed by atoms with Crippen molar-refractivity contribution in [3.63, 3.8) is 0 Å². The van der Waals surface area contributed by atoms with Gasteiger partial charge in [-0.2, -0.15) is 0 Å². The Bertz CT molecular complexity index is 497. The van der Waals surface area contributed by atoms with Gasteiger partial charge < -0.3 is 9.53 Å². The minimum Gasteiger partial charge on any atom is -0.481 e. The van der Waals surface area contributed by atoms with E-state index in [1.165, 1.54) is 23.9 Å². The van der Waals surface area contributed by atoms with E-state index in [1.807, 2.05) is 0 Å². The monoisotopic (exact) mass is 344 g/mol. The lowest BCUT2D eigenvalue weighted by molar-refractivity contribution is -0.133. The topological polar surface area (TPSA) is 46.5 Å². The van der Waals surface area contributed by atoms with Crippen LogP contribution in [0.15, 0.2) is 24.3 Å². The number of halogens is 1. The van der Waals surface area contributed by atoms with Gasteiger partial charge in [-0.1, -0.05) is 32.9 Å². The third-order valence-corrected chi connectivity index (χ3v) is 9.46. The summed E-state index contributed by atoms with van der Waals surface area (Å²) in [4.78, 5) is 10.7. The first-order valence-corrected chi connectivity index (χ1v) is 11.3. The van der Waals surface area contributed by atoms with E-state index >= 15 is 0 Å². The molecule has 0 heterocycles. The van der Waals surface area contributed by atoms with E-state index in [4.69, 9.17) is 9.53 Å². The van der Waals surface area contributed by atoms with E-state index < -0.39 is 14.3 Å². The molecule has 0 unspecified atom stereocenters. The average molecular weight is 345 g/mol. The first kappa shape index (κ1) is 19.2. The summed E-state index contributed by atoms with van der Waals surface area (Å²) in [6, 6.07) is 6.27. The Balaban J connectivity index is 2.91. The number of aliphatic carboxylic acids is 1. The molecule has 0 bridgehead atoms. The summed E-state index contributed by atoms with van der Waals surface area (Å²) in [7, 11) is -2.00. The van der Waals surface area contributed by atoms with Crippen LogP contribution in [0.25, 0.3) is 0 Å². The molecule has 0 aliphatic rings. The third-order valence-electron chi connectivity index (χ3n) is 3.98. The zero-order valence-electron chi connectivity index (χ0n) is 13.9. The van der Waals surface area contributed by atoms with Crippen molar-refractivity contribution in [3.05, 3.63) is 35.6 Å². The minimum absolute atomic E-state index is 0.0402. The summed E-state index contributed by atoms with van der Waals surface area (Å²) < 4.78 is 19.5. The molecule has 0 spiro atoms. The van der Waals surface area contributed by atoms with Crippen LogP contribution in [0.1, 0.15) is 32.4 Å². The second-order valence-corrected chi connectivity index (χ2v) is 12.6. The molecule has 1 aromatic carbocycles. The van der Waals surface area contributed by atoms with Crippen LogP contribution >= 0.6 is 11.8 Å². The molecule has 1 N–H and O–H groups in total. The van der Waals surface area contributed by atoms with Crippen molar-refractivity contribution in [1.29, 1.82) is 0 Å². The number of hydrogen-bond donors (Lipinski definition) is 1. The summed E-state index contributed by atoms with van der Waals surface area (Å²) in [5, 5.41) is 8.85. The van der Waals surface area contributed by atoms with Crippen LogP contribution in [-0.2, 0) is 9.22 Å². The number of carbonyl (C=O) groups is 1. The fourth-order valence-electron chi connectivity index (χ4n) is 1.66. The quantitative estimate of drug-likeness (QED) is 0.728. The van der Waals surface area contributed by atoms with Crippen molar-refractivity contribution in [2.45, 2.75) is 45.0 Å². The van der Waals surface area contributed by atoms with Crippen LogP contribution in [0.2, 0.25) is 18.1 Å². The van der Waals surface area contributed by atoms with E-state index in [0.717, 1.165) is 5.56 Å². The van der Waals surface area contributed by atoms with Crippen LogP contribution in [0, 0.1) is 5.82 Å². The zero-order valence-corrected chi connectivity index (χ0v) is 15.7. The van der Waals surface area contributed by atoms with Crippen LogP contribution in [0.3, 0.4) is 0 Å². The van der Waals surface area contributed by atoms with Gasteiger partial charge in [0.25, 0.3) is 0 Å². The maximum absolute atomic E-state index is 13.1. The normalized spacial score (nSPS) is 13.9. The van der Waals surface area contributed by atoms with Crippen molar-refractivity contribution >= 4 is 26.0 Å². The van der Waals surface area contributed by atoms with Crippen molar-refractivity contribution in [2.75, 3.05) is 11.5 Å². The first-order chi connectivity index (χ1) is 10.0. The predicted molar refractivity (Wildman–Crippen MR) is 92.4 cm³/mol. The number of rotatable bonds is 7. The molecule has 0 aliphatic heterocycles. The highest BCUT2D eigenvalue weighted by molar-refractivity contribution is 7.99. The van der Waals surface area contributed by atoms with Crippen LogP contribution in [-0.4, -0.2) is 30.9 Å². The van der Waals surface area contributed by atoms with Gasteiger partial charge in [0, 0.05) is 5.75 Å². The number of thioether (sulfide) groups is 1. The molecule has 1 atom stereocenters. The lowest BCUT2D eigenvalue weighted by Gasteiger charge is -2.39. The van der Waals surface area contributed by atoms with E-state index in [0.29, 0.717) is 5.75 Å². The molecule has 3 nitrogen and oxygen atoms in total. The van der Waals surface area contributed by atoms with Gasteiger partial charge in [0.05, 0.1) is 11.9 Å². The fraction of sp³-hybridized carbons (Fsp3) is 0.562. The second-order valence-electron chi connectivity index (χ2n) is 6.83. The largest absolute Gasteiger partial charge is 0.481 e. The molecule has 22 heavy (non-hydrogen) atoms. The lowest BCUT2D eigenvalue weighted by Crippen LogP contribution is -2.42. The number of hydrogen-bond acceptors (Lipinski definition) is 3. The number of carboxylic acids is 1. The van der Waals surface area contributed by atoms with Gasteiger partial charge in [-0.3, -0.25) is 4.79 Å². The Kier molecular flexibility index (Phi) is 6.64. The van der Waals surface area contributed by atoms with E-state index in [-0.39, 0.29) is 22.7 Å². The first-order valence-electron chi connectivity index (χ1n) is 7.26. The van der Waals surface area contributed by atoms with Crippen molar-refractivity contribution in [3.8, 4) is 0 Å². The predicted octanol–water partition coefficient (Wildman–Crippen LogP) is 4.71. The van der Waals surface area contributed by atoms with E-state index in [2.05, 4.69) is 33.9 Å². The SMILES string of the molecule is CC(C)(C)[Si](C)(C)O[C@H](CSCC(=O)O)c1ccc(F)cc1. The Morgan fingerprint density at radius 2 is 1.86 bits per heavy atom. The van der Waals surface area contributed by atoms with Crippen molar-refractivity contribution < 1.29 is 18.7 Å². The van der Waals surface area contributed by atoms with Gasteiger partial charge in [0.15, 0.2) is 8.32 Å². The van der Waals surface area contributed by atoms with Crippen LogP contribution in [0.5, 0.6) is 0 Å². The van der Waals surface area contributed by atoms with Gasteiger partial charge in [-0.15, -0.1) is 11.8 Å². The lowest BCUT2D eigenvalue weighted by atomic mass is 10.1. The van der Waals surface area contributed by atoms with Gasteiger partial charge >= 0.3 is 5.97 Å². The Morgan fingerprint density at radius 3 is 2.32 bits per heavy atom. The average Bonchev–Trinajstić information content (AvgIpc) is 2.36. The maximum Gasteiger partial charge on any atom is 0.313 e. The van der Waals surface area contributed by atoms with Crippen LogP contribution < -0.4 is 0 Å². The molecule has 0 fully saturated rings. The number of benzene rings is 1. The minimum atomic E-state index is -2.00. The molecular weight excluding hydrogens is 319 g/mol. The Morgan fingerprint density at radius 1 is 1.32 bits per heavy atom. The highest BCUT2D eigenvalue weighted by Crippen LogP contribution is 2.40. The summed E-state index contributed by atoms with van der Waals surface area (Å²) in [5.74, 6) is -0.536. The molecule has 0 radical (unpaired) electrons. The molecule has 0 aromatic heterocycles. The molecule has 0 saturated carbocycles. The van der Waals surface area contributed by atoms with Gasteiger partial charge in [-0.25, -0.2) is 4.39 Å². The molecule has 0 amide bonds. The molecular formula is C16H25FO3SSi. The van der Waals surface area contributed by atoms with Gasteiger partial charge in [-0.05, 0) is 35.8 Å². The standard InChI is InChI=1S/C16H25FO3SSi/c1-16(2,3)22(4,5)20-14(10-21-11-15(18)19)12-6-8-13(17)9-7-12/h6-9,14H,10-11H2,1-5H3,(H,18,19)/t14-/m1/s1. The molecule has 6 heteroatoms. The van der Waals surface area contributed by atoms with Crippen molar-refractivity contribution in [2.24, 2.45) is 0 Å². The molecule has 0 saturated heterocycles. The Labute approximate surface area is 137 Å². The molecule has 1 rings (SSSR count). The highest BCUT2D eigenvalue weighted by atomic mass is 32.2. The Hall–Kier alpha value is -0.853. The summed E-state index contributed by atoms with van der Waals surface area (Å²) >= 11 is 1.32. The van der Waals surface area contributed by atoms with Gasteiger partial charge in [0.2, 0.25) is 0 Å². The summed E-state index contributed by atoms with van der Waals surface area (Å²) in [6.45, 7) is 10.8. The molecule has 1 aromatic rings. The second kappa shape index (κ2) is 7.61. The van der Waals surface area contributed by atoms with Gasteiger partial charge in [0.1, 0.15) is 5.82 Å².